The highest BCUT2D eigenvalue weighted by Gasteiger charge is 2.28. The largest absolute Gasteiger partial charge is 0.331 e. The van der Waals surface area contributed by atoms with Crippen LogP contribution in [-0.4, -0.2) is 48.2 Å². The number of likely N-dealkylation sites (N-methyl/N-ethyl adjacent to an activating group) is 1. The summed E-state index contributed by atoms with van der Waals surface area (Å²) in [5.41, 5.74) is 3.55. The van der Waals surface area contributed by atoms with Crippen LogP contribution in [0, 0.1) is 13.8 Å². The highest BCUT2D eigenvalue weighted by molar-refractivity contribution is 7.98. The molecule has 0 unspecified atom stereocenters. The highest BCUT2D eigenvalue weighted by atomic mass is 32.2. The Hall–Kier alpha value is -3.13. The number of anilines is 2. The fourth-order valence-corrected chi connectivity index (χ4v) is 3.84. The number of hydrogen-bond donors (Lipinski definition) is 1. The quantitative estimate of drug-likeness (QED) is 0.699. The molecule has 7 nitrogen and oxygen atoms in total. The number of para-hydroxylation sites is 1. The van der Waals surface area contributed by atoms with Crippen molar-refractivity contribution in [2.24, 2.45) is 5.10 Å². The topological polar surface area (TPSA) is 82.1 Å². The average molecular weight is 439 g/mol. The molecule has 0 saturated carbocycles. The summed E-state index contributed by atoms with van der Waals surface area (Å²) in [7, 11) is 1.56. The maximum absolute atomic E-state index is 12.9. The molecule has 0 aliphatic carbocycles. The van der Waals surface area contributed by atoms with Crippen LogP contribution < -0.4 is 10.3 Å². The molecule has 0 spiro atoms. The van der Waals surface area contributed by atoms with Crippen LogP contribution in [0.5, 0.6) is 0 Å². The zero-order valence-electron chi connectivity index (χ0n) is 18.1. The zero-order chi connectivity index (χ0) is 22.5. The molecule has 2 aromatic rings. The van der Waals surface area contributed by atoms with E-state index in [1.54, 1.807) is 7.05 Å². The molecule has 0 bridgehead atoms. The summed E-state index contributed by atoms with van der Waals surface area (Å²) in [5.74, 6) is -0.813. The van der Waals surface area contributed by atoms with Crippen molar-refractivity contribution in [1.82, 2.24) is 4.90 Å². The van der Waals surface area contributed by atoms with Gasteiger partial charge in [-0.15, -0.1) is 11.8 Å². The van der Waals surface area contributed by atoms with Gasteiger partial charge in [0, 0.05) is 24.8 Å². The van der Waals surface area contributed by atoms with Gasteiger partial charge in [-0.2, -0.15) is 5.10 Å². The molecule has 3 amide bonds. The van der Waals surface area contributed by atoms with Gasteiger partial charge >= 0.3 is 0 Å². The Balaban J connectivity index is 1.73. The highest BCUT2D eigenvalue weighted by Crippen LogP contribution is 2.26. The first-order valence-corrected chi connectivity index (χ1v) is 11.2. The smallest absolute Gasteiger partial charge is 0.270 e. The number of amides is 3. The predicted octanol–water partition coefficient (Wildman–Crippen LogP) is 3.61. The van der Waals surface area contributed by atoms with Gasteiger partial charge in [-0.1, -0.05) is 24.3 Å². The van der Waals surface area contributed by atoms with E-state index in [1.165, 1.54) is 21.7 Å². The summed E-state index contributed by atoms with van der Waals surface area (Å²) in [6.45, 7) is 3.73. The summed E-state index contributed by atoms with van der Waals surface area (Å²) in [6.07, 6.45) is 2.38. The van der Waals surface area contributed by atoms with E-state index >= 15 is 0 Å². The molecule has 1 aliphatic heterocycles. The Morgan fingerprint density at radius 1 is 1.16 bits per heavy atom. The molecule has 0 fully saturated rings. The second-order valence-corrected chi connectivity index (χ2v) is 8.30. The van der Waals surface area contributed by atoms with Crippen LogP contribution in [0.25, 0.3) is 0 Å². The van der Waals surface area contributed by atoms with Crippen molar-refractivity contribution in [2.75, 3.05) is 30.2 Å². The maximum Gasteiger partial charge on any atom is 0.270 e. The molecule has 0 aromatic heterocycles. The zero-order valence-corrected chi connectivity index (χ0v) is 19.0. The number of nitrogens with one attached hydrogen (secondary N) is 1. The second kappa shape index (κ2) is 9.78. The van der Waals surface area contributed by atoms with Crippen molar-refractivity contribution >= 4 is 46.6 Å². The monoisotopic (exact) mass is 438 g/mol. The third kappa shape index (κ3) is 5.32. The molecule has 3 rings (SSSR count). The van der Waals surface area contributed by atoms with Crippen LogP contribution in [0.15, 0.2) is 52.5 Å². The molecule has 0 radical (unpaired) electrons. The molecule has 31 heavy (non-hydrogen) atoms. The average Bonchev–Trinajstić information content (AvgIpc) is 2.75. The first kappa shape index (κ1) is 22.6. The van der Waals surface area contributed by atoms with Gasteiger partial charge in [0.05, 0.1) is 17.9 Å². The number of hydrogen-bond acceptors (Lipinski definition) is 5. The molecule has 8 heteroatoms. The SMILES string of the molecule is CSc1ccccc1NC(=O)CN(C)C(=O)C1=NN(c2cc(C)ccc2C)C(=O)CC1. The Bertz CT molecular complexity index is 1050. The van der Waals surface area contributed by atoms with E-state index in [9.17, 15) is 14.4 Å². The van der Waals surface area contributed by atoms with Crippen LogP contribution in [0.2, 0.25) is 0 Å². The van der Waals surface area contributed by atoms with Crippen LogP contribution in [0.4, 0.5) is 11.4 Å². The van der Waals surface area contributed by atoms with E-state index in [0.717, 1.165) is 16.0 Å². The van der Waals surface area contributed by atoms with E-state index in [0.29, 0.717) is 11.4 Å². The van der Waals surface area contributed by atoms with Gasteiger partial charge in [-0.25, -0.2) is 5.01 Å². The van der Waals surface area contributed by atoms with E-state index in [4.69, 9.17) is 0 Å². The fraction of sp³-hybridized carbons (Fsp3) is 0.304. The molecule has 2 aromatic carbocycles. The van der Waals surface area contributed by atoms with Crippen LogP contribution in [-0.2, 0) is 14.4 Å². The number of nitrogens with zero attached hydrogens (tertiary/aromatic N) is 3. The Morgan fingerprint density at radius 2 is 1.90 bits per heavy atom. The van der Waals surface area contributed by atoms with Gasteiger partial charge in [0.1, 0.15) is 5.71 Å². The Morgan fingerprint density at radius 3 is 2.65 bits per heavy atom. The second-order valence-electron chi connectivity index (χ2n) is 7.45. The van der Waals surface area contributed by atoms with E-state index < -0.39 is 0 Å². The molecule has 0 saturated heterocycles. The normalized spacial score (nSPS) is 13.6. The van der Waals surface area contributed by atoms with E-state index in [-0.39, 0.29) is 42.8 Å². The molecule has 1 heterocycles. The van der Waals surface area contributed by atoms with Crippen LogP contribution in [0.1, 0.15) is 24.0 Å². The van der Waals surface area contributed by atoms with Gasteiger partial charge < -0.3 is 10.2 Å². The lowest BCUT2D eigenvalue weighted by molar-refractivity contribution is -0.128. The minimum atomic E-state index is -0.365. The first-order chi connectivity index (χ1) is 14.8. The number of benzene rings is 2. The predicted molar refractivity (Wildman–Crippen MR) is 125 cm³/mol. The number of aryl methyl sites for hydroxylation is 2. The third-order valence-electron chi connectivity index (χ3n) is 4.98. The molecule has 1 aliphatic rings. The van der Waals surface area contributed by atoms with Crippen molar-refractivity contribution in [3.63, 3.8) is 0 Å². The van der Waals surface area contributed by atoms with Crippen LogP contribution >= 0.6 is 11.8 Å². The first-order valence-electron chi connectivity index (χ1n) is 9.96. The molecule has 0 atom stereocenters. The van der Waals surface area contributed by atoms with Crippen molar-refractivity contribution in [3.05, 3.63) is 53.6 Å². The Kier molecular flexibility index (Phi) is 7.12. The number of thioether (sulfide) groups is 1. The summed E-state index contributed by atoms with van der Waals surface area (Å²) >= 11 is 1.53. The van der Waals surface area contributed by atoms with Crippen LogP contribution in [0.3, 0.4) is 0 Å². The van der Waals surface area contributed by atoms with E-state index in [2.05, 4.69) is 10.4 Å². The number of carbonyl (C=O) groups excluding carboxylic acids is 3. The maximum atomic E-state index is 12.9. The van der Waals surface area contributed by atoms with Gasteiger partial charge in [-0.3, -0.25) is 14.4 Å². The molecule has 162 valence electrons. The fourth-order valence-electron chi connectivity index (χ4n) is 3.29. The summed E-state index contributed by atoms with van der Waals surface area (Å²) in [4.78, 5) is 40.1. The lowest BCUT2D eigenvalue weighted by Gasteiger charge is -2.26. The molecular formula is C23H26N4O3S. The minimum Gasteiger partial charge on any atom is -0.331 e. The number of carbonyl (C=O) groups is 3. The van der Waals surface area contributed by atoms with E-state index in [1.807, 2.05) is 62.6 Å². The number of rotatable bonds is 6. The van der Waals surface area contributed by atoms with Gasteiger partial charge in [0.25, 0.3) is 5.91 Å². The summed E-state index contributed by atoms with van der Waals surface area (Å²) in [5, 5.41) is 8.50. The lowest BCUT2D eigenvalue weighted by atomic mass is 10.1. The molecular weight excluding hydrogens is 412 g/mol. The van der Waals surface area contributed by atoms with Crippen molar-refractivity contribution in [2.45, 2.75) is 31.6 Å². The van der Waals surface area contributed by atoms with Gasteiger partial charge in [-0.05, 0) is 49.4 Å². The number of hydrazone groups is 1. The summed E-state index contributed by atoms with van der Waals surface area (Å²) < 4.78 is 0. The minimum absolute atomic E-state index is 0.113. The van der Waals surface area contributed by atoms with Crippen molar-refractivity contribution < 1.29 is 14.4 Å². The van der Waals surface area contributed by atoms with Crippen molar-refractivity contribution in [1.29, 1.82) is 0 Å². The standard InChI is InChI=1S/C23H26N4O3S/c1-15-9-10-16(2)19(13-15)27-22(29)12-11-18(25-27)23(30)26(3)14-21(28)24-17-7-5-6-8-20(17)31-4/h5-10,13H,11-12,14H2,1-4H3,(H,24,28). The Labute approximate surface area is 186 Å². The van der Waals surface area contributed by atoms with Gasteiger partial charge in [0.15, 0.2) is 0 Å². The summed E-state index contributed by atoms with van der Waals surface area (Å²) in [6, 6.07) is 13.3. The van der Waals surface area contributed by atoms with Gasteiger partial charge in [0.2, 0.25) is 11.8 Å². The van der Waals surface area contributed by atoms with Crippen molar-refractivity contribution in [3.8, 4) is 0 Å². The lowest BCUT2D eigenvalue weighted by Crippen LogP contribution is -2.42. The third-order valence-corrected chi connectivity index (χ3v) is 5.78. The molecule has 1 N–H and O–H groups in total.